The summed E-state index contributed by atoms with van der Waals surface area (Å²) in [7, 11) is 0. The van der Waals surface area contributed by atoms with Crippen molar-refractivity contribution in [3.63, 3.8) is 0 Å². The van der Waals surface area contributed by atoms with E-state index in [1.807, 2.05) is 12.3 Å². The van der Waals surface area contributed by atoms with Crippen LogP contribution >= 0.6 is 11.6 Å². The lowest BCUT2D eigenvalue weighted by Crippen LogP contribution is -2.58. The lowest BCUT2D eigenvalue weighted by Gasteiger charge is -2.42. The number of halogens is 1. The number of morpholine rings is 1. The fraction of sp³-hybridized carbons (Fsp3) is 0.542. The van der Waals surface area contributed by atoms with Gasteiger partial charge in [-0.25, -0.2) is 4.98 Å². The smallest absolute Gasteiger partial charge is 0.144 e. The van der Waals surface area contributed by atoms with E-state index >= 15 is 0 Å². The van der Waals surface area contributed by atoms with Gasteiger partial charge in [-0.3, -0.25) is 4.90 Å². The Bertz CT molecular complexity index is 985. The van der Waals surface area contributed by atoms with E-state index in [1.165, 1.54) is 11.3 Å². The molecular formula is C24H30ClN5O2. The van der Waals surface area contributed by atoms with Crippen molar-refractivity contribution in [2.45, 2.75) is 31.4 Å². The van der Waals surface area contributed by atoms with Gasteiger partial charge in [0.15, 0.2) is 0 Å². The normalized spacial score (nSPS) is 22.2. The molecule has 0 atom stereocenters. The number of benzene rings is 1. The molecule has 0 spiro atoms. The Kier molecular flexibility index (Phi) is 5.59. The summed E-state index contributed by atoms with van der Waals surface area (Å²) in [6.45, 7) is 8.28. The number of aromatic nitrogens is 1. The number of ether oxygens (including phenoxy) is 2. The third-order valence-corrected chi connectivity index (χ3v) is 7.68. The number of fused-ring (bicyclic) bond motifs is 2. The summed E-state index contributed by atoms with van der Waals surface area (Å²) < 4.78 is 11.8. The molecule has 0 amide bonds. The van der Waals surface area contributed by atoms with Crippen molar-refractivity contribution in [3.05, 3.63) is 40.5 Å². The first-order chi connectivity index (χ1) is 15.8. The van der Waals surface area contributed by atoms with Gasteiger partial charge < -0.3 is 25.0 Å². The van der Waals surface area contributed by atoms with Crippen LogP contribution in [0, 0.1) is 0 Å². The van der Waals surface area contributed by atoms with E-state index in [1.54, 1.807) is 0 Å². The van der Waals surface area contributed by atoms with E-state index < -0.39 is 0 Å². The summed E-state index contributed by atoms with van der Waals surface area (Å²) in [5.41, 5.74) is 4.44. The van der Waals surface area contributed by atoms with Crippen LogP contribution in [-0.2, 0) is 11.3 Å². The zero-order valence-electron chi connectivity index (χ0n) is 18.3. The number of hydrogen-bond acceptors (Lipinski definition) is 7. The van der Waals surface area contributed by atoms with Crippen molar-refractivity contribution in [1.82, 2.24) is 15.2 Å². The molecule has 0 saturated carbocycles. The van der Waals surface area contributed by atoms with Crippen LogP contribution in [0.1, 0.15) is 29.9 Å². The van der Waals surface area contributed by atoms with Crippen LogP contribution in [-0.4, -0.2) is 68.4 Å². The predicted molar refractivity (Wildman–Crippen MR) is 127 cm³/mol. The second-order valence-corrected chi connectivity index (χ2v) is 9.57. The molecule has 170 valence electrons. The van der Waals surface area contributed by atoms with Crippen LogP contribution in [0.4, 0.5) is 17.2 Å². The van der Waals surface area contributed by atoms with Crippen LogP contribution < -0.4 is 20.3 Å². The van der Waals surface area contributed by atoms with Crippen molar-refractivity contribution in [1.29, 1.82) is 0 Å². The first kappa shape index (κ1) is 20.5. The average molecular weight is 456 g/mol. The molecule has 1 aromatic carbocycles. The highest BCUT2D eigenvalue weighted by Crippen LogP contribution is 2.43. The molecule has 32 heavy (non-hydrogen) atoms. The van der Waals surface area contributed by atoms with Gasteiger partial charge in [-0.05, 0) is 49.5 Å². The number of likely N-dealkylation sites (tertiary alicyclic amines) is 1. The zero-order chi connectivity index (χ0) is 21.5. The molecule has 2 aromatic rings. The van der Waals surface area contributed by atoms with E-state index in [0.717, 1.165) is 99.2 Å². The molecule has 8 heteroatoms. The Hall–Kier alpha value is -2.06. The Labute approximate surface area is 194 Å². The number of nitrogens with zero attached hydrogens (tertiary/aromatic N) is 3. The minimum Gasteiger partial charge on any atom is -0.486 e. The first-order valence-corrected chi connectivity index (χ1v) is 12.1. The van der Waals surface area contributed by atoms with Crippen molar-refractivity contribution in [3.8, 4) is 5.75 Å². The highest BCUT2D eigenvalue weighted by atomic mass is 35.5. The summed E-state index contributed by atoms with van der Waals surface area (Å²) >= 11 is 6.78. The molecule has 3 fully saturated rings. The average Bonchev–Trinajstić information content (AvgIpc) is 2.97. The predicted octanol–water partition coefficient (Wildman–Crippen LogP) is 3.36. The van der Waals surface area contributed by atoms with E-state index in [2.05, 4.69) is 37.6 Å². The van der Waals surface area contributed by atoms with Gasteiger partial charge in [-0.15, -0.1) is 0 Å². The number of anilines is 3. The number of piperidine rings is 1. The van der Waals surface area contributed by atoms with Gasteiger partial charge in [0.05, 0.1) is 24.5 Å². The van der Waals surface area contributed by atoms with Crippen LogP contribution in [0.3, 0.4) is 0 Å². The number of nitrogens with one attached hydrogen (secondary N) is 2. The number of rotatable bonds is 3. The third-order valence-electron chi connectivity index (χ3n) is 7.35. The maximum Gasteiger partial charge on any atom is 0.144 e. The lowest BCUT2D eigenvalue weighted by atomic mass is 9.88. The molecule has 3 saturated heterocycles. The molecule has 4 aliphatic heterocycles. The second-order valence-electron chi connectivity index (χ2n) is 9.16. The van der Waals surface area contributed by atoms with Gasteiger partial charge in [-0.2, -0.15) is 0 Å². The molecule has 0 bridgehead atoms. The Morgan fingerprint density at radius 1 is 1.06 bits per heavy atom. The van der Waals surface area contributed by atoms with Crippen molar-refractivity contribution < 1.29 is 9.47 Å². The number of pyridine rings is 1. The highest BCUT2D eigenvalue weighted by molar-refractivity contribution is 6.31. The summed E-state index contributed by atoms with van der Waals surface area (Å²) in [4.78, 5) is 9.63. The molecule has 0 unspecified atom stereocenters. The summed E-state index contributed by atoms with van der Waals surface area (Å²) in [6.07, 6.45) is 4.17. The highest BCUT2D eigenvalue weighted by Gasteiger charge is 2.31. The fourth-order valence-corrected chi connectivity index (χ4v) is 5.63. The van der Waals surface area contributed by atoms with Crippen LogP contribution in [0.25, 0.3) is 0 Å². The number of hydrogen-bond donors (Lipinski definition) is 2. The standard InChI is InChI=1S/C24H30ClN5O2/c25-20-12-23-21(11-18(20)16-2-5-29(6-3-16)17-13-26-14-17)28-24-19(15-32-23)22(1-4-27-24)30-7-9-31-10-8-30/h1,4,11-12,16-17,26H,2-3,5-10,13-15H2,(H,27,28). The molecule has 5 heterocycles. The van der Waals surface area contributed by atoms with E-state index in [0.29, 0.717) is 12.5 Å². The Morgan fingerprint density at radius 3 is 2.62 bits per heavy atom. The summed E-state index contributed by atoms with van der Waals surface area (Å²) in [6, 6.07) is 6.98. The van der Waals surface area contributed by atoms with Crippen LogP contribution in [0.5, 0.6) is 5.75 Å². The molecular weight excluding hydrogens is 426 g/mol. The summed E-state index contributed by atoms with van der Waals surface area (Å²) in [5.74, 6) is 2.14. The SMILES string of the molecule is Clc1cc2c(cc1C1CCN(C3CNC3)CC1)Nc1nccc(N3CCOCC3)c1CO2. The van der Waals surface area contributed by atoms with E-state index in [9.17, 15) is 0 Å². The van der Waals surface area contributed by atoms with E-state index in [4.69, 9.17) is 21.1 Å². The second kappa shape index (κ2) is 8.71. The molecule has 6 rings (SSSR count). The molecule has 7 nitrogen and oxygen atoms in total. The molecule has 0 radical (unpaired) electrons. The minimum absolute atomic E-state index is 0.472. The van der Waals surface area contributed by atoms with Crippen LogP contribution in [0.15, 0.2) is 24.4 Å². The molecule has 2 N–H and O–H groups in total. The molecule has 1 aromatic heterocycles. The van der Waals surface area contributed by atoms with Gasteiger partial charge in [0, 0.05) is 55.2 Å². The zero-order valence-corrected chi connectivity index (χ0v) is 19.0. The van der Waals surface area contributed by atoms with Crippen molar-refractivity contribution >= 4 is 28.8 Å². The maximum atomic E-state index is 6.78. The largest absolute Gasteiger partial charge is 0.486 e. The topological polar surface area (TPSA) is 61.9 Å². The van der Waals surface area contributed by atoms with Crippen LogP contribution in [0.2, 0.25) is 5.02 Å². The minimum atomic E-state index is 0.472. The van der Waals surface area contributed by atoms with Gasteiger partial charge in [0.2, 0.25) is 0 Å². The fourth-order valence-electron chi connectivity index (χ4n) is 5.32. The molecule has 0 aliphatic carbocycles. The van der Waals surface area contributed by atoms with Gasteiger partial charge in [-0.1, -0.05) is 11.6 Å². The monoisotopic (exact) mass is 455 g/mol. The quantitative estimate of drug-likeness (QED) is 0.735. The maximum absolute atomic E-state index is 6.78. The van der Waals surface area contributed by atoms with Gasteiger partial charge >= 0.3 is 0 Å². The summed E-state index contributed by atoms with van der Waals surface area (Å²) in [5, 5.41) is 7.75. The third kappa shape index (κ3) is 3.81. The first-order valence-electron chi connectivity index (χ1n) is 11.7. The van der Waals surface area contributed by atoms with Gasteiger partial charge in [0.25, 0.3) is 0 Å². The Morgan fingerprint density at radius 2 is 1.88 bits per heavy atom. The van der Waals surface area contributed by atoms with Crippen molar-refractivity contribution in [2.75, 3.05) is 62.7 Å². The van der Waals surface area contributed by atoms with Gasteiger partial charge in [0.1, 0.15) is 18.2 Å². The van der Waals surface area contributed by atoms with Crippen molar-refractivity contribution in [2.24, 2.45) is 0 Å². The molecule has 4 aliphatic rings. The van der Waals surface area contributed by atoms with E-state index in [-0.39, 0.29) is 0 Å². The Balaban J connectivity index is 1.25. The lowest BCUT2D eigenvalue weighted by molar-refractivity contribution is 0.113.